The molecule has 23 heavy (non-hydrogen) atoms. The molecule has 1 atom stereocenters. The zero-order chi connectivity index (χ0) is 15.8. The van der Waals surface area contributed by atoms with Crippen LogP contribution in [0.3, 0.4) is 0 Å². The normalized spacial score (nSPS) is 18.9. The predicted octanol–water partition coefficient (Wildman–Crippen LogP) is 1.31. The monoisotopic (exact) mass is 314 g/mol. The maximum Gasteiger partial charge on any atom is 0.272 e. The lowest BCUT2D eigenvalue weighted by molar-refractivity contribution is 0.231. The molecule has 1 fully saturated rings. The van der Waals surface area contributed by atoms with Crippen LogP contribution in [-0.2, 0) is 13.0 Å². The number of hydrogen-bond donors (Lipinski definition) is 1. The van der Waals surface area contributed by atoms with Gasteiger partial charge in [0.05, 0.1) is 11.7 Å². The van der Waals surface area contributed by atoms with Gasteiger partial charge in [0.2, 0.25) is 5.89 Å². The van der Waals surface area contributed by atoms with E-state index in [0.717, 1.165) is 37.3 Å². The molecule has 1 aliphatic heterocycles. The highest BCUT2D eigenvalue weighted by molar-refractivity contribution is 5.36. The van der Waals surface area contributed by atoms with Crippen LogP contribution in [0.2, 0.25) is 0 Å². The third kappa shape index (κ3) is 2.55. The van der Waals surface area contributed by atoms with Crippen LogP contribution in [0, 0.1) is 0 Å². The highest BCUT2D eigenvalue weighted by atomic mass is 16.5. The quantitative estimate of drug-likeness (QED) is 0.780. The summed E-state index contributed by atoms with van der Waals surface area (Å²) in [4.78, 5) is 23.3. The van der Waals surface area contributed by atoms with Gasteiger partial charge in [-0.25, -0.2) is 9.50 Å². The first-order chi connectivity index (χ1) is 11.2. The van der Waals surface area contributed by atoms with Crippen LogP contribution in [-0.4, -0.2) is 36.2 Å². The number of H-pyrrole nitrogens is 1. The van der Waals surface area contributed by atoms with Gasteiger partial charge >= 0.3 is 0 Å². The van der Waals surface area contributed by atoms with Crippen molar-refractivity contribution in [3.8, 4) is 0 Å². The summed E-state index contributed by atoms with van der Waals surface area (Å²) in [5.41, 5.74) is 1.30. The molecule has 0 spiro atoms. The minimum Gasteiger partial charge on any atom is -0.339 e. The van der Waals surface area contributed by atoms with Crippen molar-refractivity contribution in [3.63, 3.8) is 0 Å². The molecule has 120 valence electrons. The Morgan fingerprint density at radius 2 is 2.35 bits per heavy atom. The first kappa shape index (κ1) is 14.1. The molecule has 4 rings (SSSR count). The molecule has 4 heterocycles. The predicted molar refractivity (Wildman–Crippen MR) is 81.9 cm³/mol. The van der Waals surface area contributed by atoms with Crippen LogP contribution in [0.4, 0.5) is 0 Å². The van der Waals surface area contributed by atoms with Gasteiger partial charge in [0.15, 0.2) is 11.5 Å². The molecule has 0 radical (unpaired) electrons. The number of rotatable bonds is 4. The average molecular weight is 314 g/mol. The Kier molecular flexibility index (Phi) is 3.45. The van der Waals surface area contributed by atoms with Gasteiger partial charge in [0, 0.05) is 31.3 Å². The van der Waals surface area contributed by atoms with Crippen molar-refractivity contribution in [1.29, 1.82) is 0 Å². The van der Waals surface area contributed by atoms with Gasteiger partial charge in [-0.3, -0.25) is 14.8 Å². The van der Waals surface area contributed by atoms with Crippen molar-refractivity contribution in [2.24, 2.45) is 0 Å². The van der Waals surface area contributed by atoms with E-state index in [1.165, 1.54) is 4.52 Å². The molecule has 0 saturated carbocycles. The zero-order valence-corrected chi connectivity index (χ0v) is 12.9. The van der Waals surface area contributed by atoms with E-state index in [1.54, 1.807) is 18.3 Å². The Morgan fingerprint density at radius 3 is 3.17 bits per heavy atom. The number of nitrogens with one attached hydrogen (secondary N) is 1. The third-order valence-corrected chi connectivity index (χ3v) is 4.25. The van der Waals surface area contributed by atoms with E-state index in [-0.39, 0.29) is 11.6 Å². The van der Waals surface area contributed by atoms with Crippen molar-refractivity contribution in [1.82, 2.24) is 29.6 Å². The lowest BCUT2D eigenvalue weighted by Crippen LogP contribution is -2.26. The van der Waals surface area contributed by atoms with Gasteiger partial charge in [-0.15, -0.1) is 0 Å². The number of nitrogens with zero attached hydrogens (tertiary/aromatic N) is 5. The maximum absolute atomic E-state index is 12.1. The molecule has 0 aliphatic carbocycles. The number of aromatic amines is 1. The Morgan fingerprint density at radius 1 is 1.43 bits per heavy atom. The standard InChI is InChI=1S/C15H18N6O2/c1-2-13-18-15(19-23-13)11-4-3-7-20(11)9-10-8-14(22)21-12(17-10)5-6-16-21/h5-6,8,11,16H,2-4,7,9H2,1H3. The smallest absolute Gasteiger partial charge is 0.272 e. The fourth-order valence-corrected chi connectivity index (χ4v) is 3.12. The molecular weight excluding hydrogens is 296 g/mol. The van der Waals surface area contributed by atoms with E-state index < -0.39 is 0 Å². The third-order valence-electron chi connectivity index (χ3n) is 4.25. The summed E-state index contributed by atoms with van der Waals surface area (Å²) < 4.78 is 6.66. The molecule has 1 N–H and O–H groups in total. The summed E-state index contributed by atoms with van der Waals surface area (Å²) in [6.07, 6.45) is 4.51. The number of aryl methyl sites for hydroxylation is 1. The highest BCUT2D eigenvalue weighted by Crippen LogP contribution is 2.31. The van der Waals surface area contributed by atoms with E-state index >= 15 is 0 Å². The van der Waals surface area contributed by atoms with Crippen LogP contribution < -0.4 is 5.56 Å². The topological polar surface area (TPSA) is 92.3 Å². The Hall–Kier alpha value is -2.48. The van der Waals surface area contributed by atoms with Crippen LogP contribution in [0.15, 0.2) is 27.6 Å². The van der Waals surface area contributed by atoms with Crippen LogP contribution in [0.1, 0.15) is 43.2 Å². The first-order valence-electron chi connectivity index (χ1n) is 7.87. The number of likely N-dealkylation sites (tertiary alicyclic amines) is 1. The number of hydrogen-bond acceptors (Lipinski definition) is 6. The van der Waals surface area contributed by atoms with Crippen molar-refractivity contribution >= 4 is 5.65 Å². The Labute approximate surface area is 132 Å². The zero-order valence-electron chi connectivity index (χ0n) is 12.9. The van der Waals surface area contributed by atoms with Crippen molar-refractivity contribution in [3.05, 3.63) is 46.1 Å². The van der Waals surface area contributed by atoms with Gasteiger partial charge in [-0.05, 0) is 19.4 Å². The summed E-state index contributed by atoms with van der Waals surface area (Å²) in [5, 5.41) is 6.95. The molecule has 3 aromatic heterocycles. The highest BCUT2D eigenvalue weighted by Gasteiger charge is 2.30. The Balaban J connectivity index is 1.59. The summed E-state index contributed by atoms with van der Waals surface area (Å²) in [7, 11) is 0. The molecule has 1 saturated heterocycles. The van der Waals surface area contributed by atoms with Gasteiger partial charge in [0.25, 0.3) is 5.56 Å². The molecule has 1 unspecified atom stereocenters. The summed E-state index contributed by atoms with van der Waals surface area (Å²) >= 11 is 0. The fraction of sp³-hybridized carbons (Fsp3) is 0.467. The first-order valence-corrected chi connectivity index (χ1v) is 7.87. The molecule has 0 aromatic carbocycles. The molecule has 0 amide bonds. The van der Waals surface area contributed by atoms with Crippen molar-refractivity contribution < 1.29 is 4.52 Å². The van der Waals surface area contributed by atoms with E-state index in [4.69, 9.17) is 4.52 Å². The van der Waals surface area contributed by atoms with Gasteiger partial charge < -0.3 is 4.52 Å². The second-order valence-corrected chi connectivity index (χ2v) is 5.77. The lowest BCUT2D eigenvalue weighted by Gasteiger charge is -2.21. The summed E-state index contributed by atoms with van der Waals surface area (Å²) in [6.45, 7) is 3.54. The van der Waals surface area contributed by atoms with E-state index in [1.807, 2.05) is 6.92 Å². The number of fused-ring (bicyclic) bond motifs is 1. The summed E-state index contributed by atoms with van der Waals surface area (Å²) in [5.74, 6) is 1.40. The van der Waals surface area contributed by atoms with E-state index in [2.05, 4.69) is 25.1 Å². The second-order valence-electron chi connectivity index (χ2n) is 5.77. The summed E-state index contributed by atoms with van der Waals surface area (Å²) in [6, 6.07) is 3.50. The minimum atomic E-state index is -0.0985. The lowest BCUT2D eigenvalue weighted by atomic mass is 10.2. The minimum absolute atomic E-state index is 0.0985. The van der Waals surface area contributed by atoms with Crippen LogP contribution in [0.5, 0.6) is 0 Å². The molecule has 0 bridgehead atoms. The molecule has 1 aliphatic rings. The molecular formula is C15H18N6O2. The second kappa shape index (κ2) is 5.62. The largest absolute Gasteiger partial charge is 0.339 e. The molecule has 8 heteroatoms. The average Bonchev–Trinajstić information content (AvgIpc) is 3.26. The van der Waals surface area contributed by atoms with Crippen LogP contribution >= 0.6 is 0 Å². The fourth-order valence-electron chi connectivity index (χ4n) is 3.12. The van der Waals surface area contributed by atoms with Gasteiger partial charge in [-0.1, -0.05) is 12.1 Å². The molecule has 3 aromatic rings. The SMILES string of the molecule is CCc1nc(C2CCCN2Cc2cc(=O)n3[nH]ccc3n2)no1. The van der Waals surface area contributed by atoms with E-state index in [0.29, 0.717) is 18.1 Å². The van der Waals surface area contributed by atoms with Gasteiger partial charge in [0.1, 0.15) is 0 Å². The van der Waals surface area contributed by atoms with Gasteiger partial charge in [-0.2, -0.15) is 4.98 Å². The van der Waals surface area contributed by atoms with E-state index in [9.17, 15) is 4.79 Å². The Bertz CT molecular complexity index is 879. The van der Waals surface area contributed by atoms with Crippen LogP contribution in [0.25, 0.3) is 5.65 Å². The maximum atomic E-state index is 12.1. The molecule has 8 nitrogen and oxygen atoms in total. The van der Waals surface area contributed by atoms with Crippen molar-refractivity contribution in [2.75, 3.05) is 6.54 Å². The van der Waals surface area contributed by atoms with Crippen molar-refractivity contribution in [2.45, 2.75) is 38.8 Å². The number of aromatic nitrogens is 5.